The Morgan fingerprint density at radius 1 is 1.14 bits per heavy atom. The predicted molar refractivity (Wildman–Crippen MR) is 85.2 cm³/mol. The van der Waals surface area contributed by atoms with Gasteiger partial charge < -0.3 is 10.1 Å². The van der Waals surface area contributed by atoms with Gasteiger partial charge in [0.05, 0.1) is 6.54 Å². The molecule has 0 radical (unpaired) electrons. The lowest BCUT2D eigenvalue weighted by atomic mass is 10.1. The van der Waals surface area contributed by atoms with Crippen molar-refractivity contribution < 1.29 is 9.53 Å². The van der Waals surface area contributed by atoms with E-state index in [1.165, 1.54) is 0 Å². The molecule has 2 aromatic carbocycles. The van der Waals surface area contributed by atoms with E-state index in [4.69, 9.17) is 16.3 Å². The fourth-order valence-electron chi connectivity index (χ4n) is 1.85. The second kappa shape index (κ2) is 7.14. The smallest absolute Gasteiger partial charge is 0.251 e. The molecule has 0 saturated heterocycles. The average molecular weight is 304 g/mol. The van der Waals surface area contributed by atoms with Crippen molar-refractivity contribution in [2.24, 2.45) is 0 Å². The summed E-state index contributed by atoms with van der Waals surface area (Å²) in [6.45, 7) is 4.78. The van der Waals surface area contributed by atoms with Crippen LogP contribution in [0.4, 0.5) is 0 Å². The predicted octanol–water partition coefficient (Wildman–Crippen LogP) is 3.77. The van der Waals surface area contributed by atoms with Gasteiger partial charge in [0.25, 0.3) is 5.91 Å². The van der Waals surface area contributed by atoms with Crippen molar-refractivity contribution in [3.63, 3.8) is 0 Å². The minimum atomic E-state index is -0.0918. The largest absolute Gasteiger partial charge is 0.492 e. The molecule has 0 bridgehead atoms. The first-order valence-electron chi connectivity index (χ1n) is 6.80. The Morgan fingerprint density at radius 3 is 2.52 bits per heavy atom. The zero-order chi connectivity index (χ0) is 15.2. The molecule has 1 amide bonds. The van der Waals surface area contributed by atoms with Crippen LogP contribution in [0.5, 0.6) is 5.75 Å². The SMILES string of the molecule is Cc1ccc(C(=O)NCCOc2ccc(Cl)c(C)c2)cc1. The maximum atomic E-state index is 11.9. The summed E-state index contributed by atoms with van der Waals surface area (Å²) >= 11 is 5.95. The fourth-order valence-corrected chi connectivity index (χ4v) is 1.96. The molecular weight excluding hydrogens is 286 g/mol. The molecule has 0 atom stereocenters. The standard InChI is InChI=1S/C17H18ClNO2/c1-12-3-5-14(6-4-12)17(20)19-9-10-21-15-7-8-16(18)13(2)11-15/h3-8,11H,9-10H2,1-2H3,(H,19,20). The molecule has 3 nitrogen and oxygen atoms in total. The number of rotatable bonds is 5. The highest BCUT2D eigenvalue weighted by atomic mass is 35.5. The number of hydrogen-bond donors (Lipinski definition) is 1. The van der Waals surface area contributed by atoms with Gasteiger partial charge >= 0.3 is 0 Å². The summed E-state index contributed by atoms with van der Waals surface area (Å²) in [5.41, 5.74) is 2.76. The van der Waals surface area contributed by atoms with E-state index in [9.17, 15) is 4.79 Å². The second-order valence-corrected chi connectivity index (χ2v) is 5.29. The second-order valence-electron chi connectivity index (χ2n) is 4.88. The first kappa shape index (κ1) is 15.4. The molecule has 0 unspecified atom stereocenters. The summed E-state index contributed by atoms with van der Waals surface area (Å²) in [5, 5.41) is 3.54. The summed E-state index contributed by atoms with van der Waals surface area (Å²) < 4.78 is 5.57. The van der Waals surface area contributed by atoms with Crippen LogP contribution < -0.4 is 10.1 Å². The van der Waals surface area contributed by atoms with Crippen LogP contribution in [-0.2, 0) is 0 Å². The Hall–Kier alpha value is -2.00. The zero-order valence-corrected chi connectivity index (χ0v) is 12.9. The van der Waals surface area contributed by atoms with Crippen molar-refractivity contribution in [1.29, 1.82) is 0 Å². The molecule has 110 valence electrons. The van der Waals surface area contributed by atoms with E-state index in [0.29, 0.717) is 18.7 Å². The van der Waals surface area contributed by atoms with Crippen LogP contribution in [0, 0.1) is 13.8 Å². The van der Waals surface area contributed by atoms with E-state index in [2.05, 4.69) is 5.32 Å². The Labute approximate surface area is 129 Å². The van der Waals surface area contributed by atoms with Crippen molar-refractivity contribution in [2.75, 3.05) is 13.2 Å². The van der Waals surface area contributed by atoms with Crippen LogP contribution >= 0.6 is 11.6 Å². The van der Waals surface area contributed by atoms with Crippen molar-refractivity contribution in [2.45, 2.75) is 13.8 Å². The third-order valence-corrected chi connectivity index (χ3v) is 3.52. The molecular formula is C17H18ClNO2. The van der Waals surface area contributed by atoms with Gasteiger partial charge in [0.15, 0.2) is 0 Å². The van der Waals surface area contributed by atoms with Gasteiger partial charge in [0, 0.05) is 10.6 Å². The molecule has 0 aliphatic carbocycles. The summed E-state index contributed by atoms with van der Waals surface area (Å²) in [6, 6.07) is 13.0. The Balaban J connectivity index is 1.77. The summed E-state index contributed by atoms with van der Waals surface area (Å²) in [7, 11) is 0. The zero-order valence-electron chi connectivity index (χ0n) is 12.2. The molecule has 0 spiro atoms. The van der Waals surface area contributed by atoms with Crippen LogP contribution in [0.1, 0.15) is 21.5 Å². The Morgan fingerprint density at radius 2 is 1.86 bits per heavy atom. The maximum Gasteiger partial charge on any atom is 0.251 e. The Kier molecular flexibility index (Phi) is 5.23. The van der Waals surface area contributed by atoms with Crippen molar-refractivity contribution >= 4 is 17.5 Å². The van der Waals surface area contributed by atoms with Gasteiger partial charge in [-0.15, -0.1) is 0 Å². The lowest BCUT2D eigenvalue weighted by Gasteiger charge is -2.09. The highest BCUT2D eigenvalue weighted by Crippen LogP contribution is 2.20. The van der Waals surface area contributed by atoms with Gasteiger partial charge in [0.1, 0.15) is 12.4 Å². The quantitative estimate of drug-likeness (QED) is 0.854. The van der Waals surface area contributed by atoms with Crippen LogP contribution in [0.3, 0.4) is 0 Å². The van der Waals surface area contributed by atoms with E-state index in [0.717, 1.165) is 21.9 Å². The highest BCUT2D eigenvalue weighted by Gasteiger charge is 2.04. The normalized spacial score (nSPS) is 10.2. The minimum Gasteiger partial charge on any atom is -0.492 e. The van der Waals surface area contributed by atoms with Gasteiger partial charge in [-0.05, 0) is 49.7 Å². The number of amides is 1. The van der Waals surface area contributed by atoms with Crippen molar-refractivity contribution in [3.8, 4) is 5.75 Å². The van der Waals surface area contributed by atoms with Gasteiger partial charge in [-0.3, -0.25) is 4.79 Å². The van der Waals surface area contributed by atoms with Crippen LogP contribution in [-0.4, -0.2) is 19.1 Å². The summed E-state index contributed by atoms with van der Waals surface area (Å²) in [5.74, 6) is 0.660. The van der Waals surface area contributed by atoms with Crippen LogP contribution in [0.25, 0.3) is 0 Å². The van der Waals surface area contributed by atoms with E-state index >= 15 is 0 Å². The third-order valence-electron chi connectivity index (χ3n) is 3.10. The van der Waals surface area contributed by atoms with E-state index in [-0.39, 0.29) is 5.91 Å². The molecule has 0 heterocycles. The molecule has 2 aromatic rings. The van der Waals surface area contributed by atoms with Gasteiger partial charge in [-0.1, -0.05) is 29.3 Å². The van der Waals surface area contributed by atoms with E-state index in [1.807, 2.05) is 50.2 Å². The number of ether oxygens (including phenoxy) is 1. The number of carbonyl (C=O) groups excluding carboxylic acids is 1. The number of benzene rings is 2. The van der Waals surface area contributed by atoms with Gasteiger partial charge in [-0.25, -0.2) is 0 Å². The number of aryl methyl sites for hydroxylation is 2. The van der Waals surface area contributed by atoms with Crippen LogP contribution in [0.2, 0.25) is 5.02 Å². The summed E-state index contributed by atoms with van der Waals surface area (Å²) in [4.78, 5) is 11.9. The molecule has 4 heteroatoms. The van der Waals surface area contributed by atoms with Gasteiger partial charge in [0.2, 0.25) is 0 Å². The monoisotopic (exact) mass is 303 g/mol. The van der Waals surface area contributed by atoms with Crippen molar-refractivity contribution in [3.05, 3.63) is 64.2 Å². The minimum absolute atomic E-state index is 0.0918. The summed E-state index contributed by atoms with van der Waals surface area (Å²) in [6.07, 6.45) is 0. The number of halogens is 1. The Bertz CT molecular complexity index is 623. The highest BCUT2D eigenvalue weighted by molar-refractivity contribution is 6.31. The topological polar surface area (TPSA) is 38.3 Å². The lowest BCUT2D eigenvalue weighted by molar-refractivity contribution is 0.0947. The molecule has 2 rings (SSSR count). The molecule has 0 aliphatic rings. The van der Waals surface area contributed by atoms with E-state index in [1.54, 1.807) is 6.07 Å². The third kappa shape index (κ3) is 4.50. The number of hydrogen-bond acceptors (Lipinski definition) is 2. The molecule has 0 saturated carbocycles. The molecule has 0 fully saturated rings. The van der Waals surface area contributed by atoms with Crippen LogP contribution in [0.15, 0.2) is 42.5 Å². The number of nitrogens with one attached hydrogen (secondary N) is 1. The van der Waals surface area contributed by atoms with E-state index < -0.39 is 0 Å². The lowest BCUT2D eigenvalue weighted by Crippen LogP contribution is -2.28. The molecule has 0 aliphatic heterocycles. The number of carbonyl (C=O) groups is 1. The van der Waals surface area contributed by atoms with Gasteiger partial charge in [-0.2, -0.15) is 0 Å². The van der Waals surface area contributed by atoms with Crippen molar-refractivity contribution in [1.82, 2.24) is 5.32 Å². The fraction of sp³-hybridized carbons (Fsp3) is 0.235. The molecule has 21 heavy (non-hydrogen) atoms. The first-order valence-corrected chi connectivity index (χ1v) is 7.18. The molecule has 0 aromatic heterocycles. The maximum absolute atomic E-state index is 11.9. The first-order chi connectivity index (χ1) is 10.1. The average Bonchev–Trinajstić information content (AvgIpc) is 2.47. The molecule has 1 N–H and O–H groups in total.